The number of rotatable bonds is 11. The van der Waals surface area contributed by atoms with Crippen LogP contribution in [0.3, 0.4) is 0 Å². The smallest absolute Gasteiger partial charge is 0.254 e. The molecule has 1 amide bonds. The van der Waals surface area contributed by atoms with E-state index in [1.807, 2.05) is 23.1 Å². The lowest BCUT2D eigenvalue weighted by atomic mass is 10.1. The van der Waals surface area contributed by atoms with Crippen molar-refractivity contribution < 1.29 is 4.79 Å². The first kappa shape index (κ1) is 26.9. The van der Waals surface area contributed by atoms with Gasteiger partial charge in [-0.3, -0.25) is 4.79 Å². The molecular weight excluding hydrogens is 458 g/mol. The van der Waals surface area contributed by atoms with E-state index in [4.69, 9.17) is 5.10 Å². The van der Waals surface area contributed by atoms with E-state index in [1.165, 1.54) is 18.4 Å². The average molecular weight is 502 g/mol. The maximum atomic E-state index is 13.7. The van der Waals surface area contributed by atoms with Gasteiger partial charge in [0, 0.05) is 43.9 Å². The quantitative estimate of drug-likeness (QED) is 0.337. The van der Waals surface area contributed by atoms with E-state index in [1.54, 1.807) is 0 Å². The number of nitrogens with zero attached hydrogens (tertiary/aromatic N) is 5. The van der Waals surface area contributed by atoms with Crippen LogP contribution in [0.25, 0.3) is 5.69 Å². The molecule has 2 aromatic carbocycles. The lowest BCUT2D eigenvalue weighted by molar-refractivity contribution is 0.0743. The molecule has 37 heavy (non-hydrogen) atoms. The number of benzene rings is 2. The monoisotopic (exact) mass is 501 g/mol. The zero-order valence-corrected chi connectivity index (χ0v) is 23.1. The fraction of sp³-hybridized carbons (Fsp3) is 0.484. The molecule has 0 saturated carbocycles. The molecule has 1 fully saturated rings. The van der Waals surface area contributed by atoms with Crippen molar-refractivity contribution in [3.05, 3.63) is 77.0 Å². The van der Waals surface area contributed by atoms with Gasteiger partial charge in [0.1, 0.15) is 5.82 Å². The first-order valence-corrected chi connectivity index (χ1v) is 14.0. The van der Waals surface area contributed by atoms with Crippen molar-refractivity contribution in [1.82, 2.24) is 19.6 Å². The summed E-state index contributed by atoms with van der Waals surface area (Å²) in [6.07, 6.45) is 4.33. The Hall–Kier alpha value is -3.12. The normalized spacial score (nSPS) is 14.2. The summed E-state index contributed by atoms with van der Waals surface area (Å²) >= 11 is 0. The number of carbonyl (C=O) groups is 1. The van der Waals surface area contributed by atoms with Gasteiger partial charge in [-0.15, -0.1) is 0 Å². The van der Waals surface area contributed by atoms with Crippen LogP contribution >= 0.6 is 0 Å². The Morgan fingerprint density at radius 3 is 2.24 bits per heavy atom. The lowest BCUT2D eigenvalue weighted by Gasteiger charge is -2.36. The molecule has 0 radical (unpaired) electrons. The maximum Gasteiger partial charge on any atom is 0.254 e. The molecule has 1 aliphatic rings. The number of likely N-dealkylation sites (N-methyl/N-ethyl adjacent to an activating group) is 1. The number of unbranched alkanes of at least 4 members (excludes halogenated alkanes) is 1. The van der Waals surface area contributed by atoms with Crippen LogP contribution in [0.5, 0.6) is 0 Å². The number of amides is 1. The minimum atomic E-state index is 0.0949. The zero-order chi connectivity index (χ0) is 26.2. The Balaban J connectivity index is 1.65. The third-order valence-electron chi connectivity index (χ3n) is 7.43. The first-order valence-electron chi connectivity index (χ1n) is 14.0. The van der Waals surface area contributed by atoms with Crippen LogP contribution in [0.1, 0.15) is 67.2 Å². The van der Waals surface area contributed by atoms with E-state index in [0.29, 0.717) is 6.54 Å². The second-order valence-corrected chi connectivity index (χ2v) is 10.1. The molecule has 0 bridgehead atoms. The number of para-hydroxylation sites is 1. The van der Waals surface area contributed by atoms with Gasteiger partial charge in [-0.1, -0.05) is 57.5 Å². The summed E-state index contributed by atoms with van der Waals surface area (Å²) in [5, 5.41) is 5.00. The van der Waals surface area contributed by atoms with Crippen molar-refractivity contribution in [3.63, 3.8) is 0 Å². The molecule has 1 aliphatic heterocycles. The molecule has 0 unspecified atom stereocenters. The summed E-state index contributed by atoms with van der Waals surface area (Å²) in [4.78, 5) is 20.7. The summed E-state index contributed by atoms with van der Waals surface area (Å²) in [7, 11) is 0. The number of piperazine rings is 1. The van der Waals surface area contributed by atoms with Gasteiger partial charge in [0.25, 0.3) is 5.91 Å². The Bertz CT molecular complexity index is 1130. The number of aryl methyl sites for hydroxylation is 2. The largest absolute Gasteiger partial charge is 0.354 e. The molecule has 0 spiro atoms. The minimum Gasteiger partial charge on any atom is -0.354 e. The van der Waals surface area contributed by atoms with Crippen LogP contribution in [-0.2, 0) is 13.0 Å². The van der Waals surface area contributed by atoms with E-state index in [0.717, 1.165) is 80.4 Å². The number of aromatic nitrogens is 2. The molecule has 0 aliphatic carbocycles. The summed E-state index contributed by atoms with van der Waals surface area (Å²) < 4.78 is 2.09. The fourth-order valence-electron chi connectivity index (χ4n) is 5.17. The lowest BCUT2D eigenvalue weighted by Crippen LogP contribution is -2.47. The van der Waals surface area contributed by atoms with Gasteiger partial charge in [0.15, 0.2) is 0 Å². The van der Waals surface area contributed by atoms with Crippen LogP contribution in [0.15, 0.2) is 54.6 Å². The summed E-state index contributed by atoms with van der Waals surface area (Å²) in [5.74, 6) is 1.22. The highest BCUT2D eigenvalue weighted by molar-refractivity contribution is 5.94. The van der Waals surface area contributed by atoms with Gasteiger partial charge in [0.2, 0.25) is 0 Å². The van der Waals surface area contributed by atoms with E-state index in [9.17, 15) is 4.79 Å². The fourth-order valence-corrected chi connectivity index (χ4v) is 5.17. The third-order valence-corrected chi connectivity index (χ3v) is 7.43. The average Bonchev–Trinajstić information content (AvgIpc) is 3.27. The predicted octanol–water partition coefficient (Wildman–Crippen LogP) is 5.72. The molecule has 6 nitrogen and oxygen atoms in total. The van der Waals surface area contributed by atoms with Crippen LogP contribution in [-0.4, -0.2) is 64.8 Å². The van der Waals surface area contributed by atoms with Crippen LogP contribution in [0.2, 0.25) is 0 Å². The zero-order valence-electron chi connectivity index (χ0n) is 23.1. The van der Waals surface area contributed by atoms with E-state index in [-0.39, 0.29) is 5.91 Å². The highest BCUT2D eigenvalue weighted by Gasteiger charge is 2.27. The summed E-state index contributed by atoms with van der Waals surface area (Å²) in [6.45, 7) is 15.0. The molecule has 198 valence electrons. The molecule has 1 aromatic heterocycles. The van der Waals surface area contributed by atoms with Gasteiger partial charge >= 0.3 is 0 Å². The number of anilines is 1. The predicted molar refractivity (Wildman–Crippen MR) is 153 cm³/mol. The van der Waals surface area contributed by atoms with Crippen LogP contribution in [0.4, 0.5) is 5.82 Å². The second-order valence-electron chi connectivity index (χ2n) is 10.1. The van der Waals surface area contributed by atoms with Gasteiger partial charge in [-0.05, 0) is 62.6 Å². The molecule has 0 N–H and O–H groups in total. The molecule has 2 heterocycles. The van der Waals surface area contributed by atoms with E-state index < -0.39 is 0 Å². The topological polar surface area (TPSA) is 44.6 Å². The van der Waals surface area contributed by atoms with Crippen molar-refractivity contribution in [1.29, 1.82) is 0 Å². The highest BCUT2D eigenvalue weighted by atomic mass is 16.2. The minimum absolute atomic E-state index is 0.0949. The Kier molecular flexibility index (Phi) is 9.40. The van der Waals surface area contributed by atoms with Gasteiger partial charge in [-0.2, -0.15) is 5.10 Å². The Labute approximate surface area is 222 Å². The van der Waals surface area contributed by atoms with E-state index >= 15 is 0 Å². The number of hydrogen-bond acceptors (Lipinski definition) is 4. The maximum absolute atomic E-state index is 13.7. The molecule has 6 heteroatoms. The summed E-state index contributed by atoms with van der Waals surface area (Å²) in [6, 6.07) is 18.6. The standard InChI is InChI=1S/C31H43N5O/c1-5-8-12-26-15-17-27(18-16-26)31(37)35(19-6-2)24-29-25(4)32-36(28-13-10-9-11-14-28)30(29)34-22-20-33(7-3)21-23-34/h9-11,13-18H,5-8,12,19-24H2,1-4H3. The third kappa shape index (κ3) is 6.42. The molecule has 1 saturated heterocycles. The summed E-state index contributed by atoms with van der Waals surface area (Å²) in [5.41, 5.74) is 5.26. The van der Waals surface area contributed by atoms with Crippen molar-refractivity contribution in [2.24, 2.45) is 0 Å². The number of carbonyl (C=O) groups excluding carboxylic acids is 1. The SMILES string of the molecule is CCCCc1ccc(C(=O)N(CCC)Cc2c(C)nn(-c3ccccc3)c2N2CCN(CC)CC2)cc1. The van der Waals surface area contributed by atoms with Gasteiger partial charge < -0.3 is 14.7 Å². The van der Waals surface area contributed by atoms with Crippen molar-refractivity contribution in [2.75, 3.05) is 44.2 Å². The van der Waals surface area contributed by atoms with Gasteiger partial charge in [-0.25, -0.2) is 4.68 Å². The second kappa shape index (κ2) is 12.9. The highest BCUT2D eigenvalue weighted by Crippen LogP contribution is 2.30. The first-order chi connectivity index (χ1) is 18.0. The molecular formula is C31H43N5O. The van der Waals surface area contributed by atoms with Gasteiger partial charge in [0.05, 0.1) is 17.9 Å². The van der Waals surface area contributed by atoms with Crippen molar-refractivity contribution >= 4 is 11.7 Å². The Morgan fingerprint density at radius 2 is 1.62 bits per heavy atom. The molecule has 4 rings (SSSR count). The van der Waals surface area contributed by atoms with Crippen molar-refractivity contribution in [3.8, 4) is 5.69 Å². The molecule has 0 atom stereocenters. The number of hydrogen-bond donors (Lipinski definition) is 0. The van der Waals surface area contributed by atoms with E-state index in [2.05, 4.69) is 78.6 Å². The molecule has 3 aromatic rings. The van der Waals surface area contributed by atoms with Crippen molar-refractivity contribution in [2.45, 2.75) is 59.9 Å². The Morgan fingerprint density at radius 1 is 0.919 bits per heavy atom. The van der Waals surface area contributed by atoms with Crippen LogP contribution < -0.4 is 4.90 Å². The van der Waals surface area contributed by atoms with Crippen LogP contribution in [0, 0.1) is 6.92 Å².